The maximum Gasteiger partial charge on any atom is 0.557 e. The van der Waals surface area contributed by atoms with E-state index >= 15 is 0 Å². The Balaban J connectivity index is 4.42. The first kappa shape index (κ1) is 17.4. The number of nitrogens with zero attached hydrogens (tertiary/aromatic N) is 1. The highest BCUT2D eigenvalue weighted by Gasteiger charge is 2.44. The zero-order valence-corrected chi connectivity index (χ0v) is 12.1. The molecule has 0 aromatic heterocycles. The van der Waals surface area contributed by atoms with Crippen LogP contribution in [0.4, 0.5) is 0 Å². The van der Waals surface area contributed by atoms with Crippen molar-refractivity contribution in [1.29, 1.82) is 0 Å². The van der Waals surface area contributed by atoms with E-state index in [-0.39, 0.29) is 0 Å². The van der Waals surface area contributed by atoms with Crippen molar-refractivity contribution < 1.29 is 28.1 Å². The number of hydrogen-bond donors (Lipinski definition) is 0. The van der Waals surface area contributed by atoms with Crippen molar-refractivity contribution in [2.45, 2.75) is 33.2 Å². The van der Waals surface area contributed by atoms with E-state index in [4.69, 9.17) is 23.4 Å². The van der Waals surface area contributed by atoms with Gasteiger partial charge in [-0.3, -0.25) is 0 Å². The molecule has 0 amide bonds. The smallest absolute Gasteiger partial charge is 0.371 e. The minimum Gasteiger partial charge on any atom is -0.371 e. The highest BCUT2D eigenvalue weighted by atomic mass is 28.4. The van der Waals surface area contributed by atoms with Crippen LogP contribution in [0.3, 0.4) is 0 Å². The van der Waals surface area contributed by atoms with E-state index < -0.39 is 8.80 Å². The Morgan fingerprint density at radius 1 is 1.06 bits per heavy atom. The predicted octanol–water partition coefficient (Wildman–Crippen LogP) is 1.62. The van der Waals surface area contributed by atoms with Crippen molar-refractivity contribution in [1.82, 2.24) is 0 Å². The van der Waals surface area contributed by atoms with Gasteiger partial charge in [0.2, 0.25) is 6.08 Å². The molecule has 0 spiro atoms. The summed E-state index contributed by atoms with van der Waals surface area (Å²) in [7, 11) is -3.02. The van der Waals surface area contributed by atoms with Gasteiger partial charge < -0.3 is 4.43 Å². The summed E-state index contributed by atoms with van der Waals surface area (Å²) in [6.45, 7) is 6.94. The molecule has 18 heavy (non-hydrogen) atoms. The molecule has 0 aromatic rings. The summed E-state index contributed by atoms with van der Waals surface area (Å²) in [5.74, 6) is 0. The van der Waals surface area contributed by atoms with Crippen LogP contribution in [0.1, 0.15) is 27.2 Å². The van der Waals surface area contributed by atoms with E-state index in [0.717, 1.165) is 0 Å². The van der Waals surface area contributed by atoms with Gasteiger partial charge >= 0.3 is 8.80 Å². The molecule has 106 valence electrons. The molecule has 0 rings (SSSR count). The summed E-state index contributed by atoms with van der Waals surface area (Å²) in [6.07, 6.45) is 2.05. The lowest BCUT2D eigenvalue weighted by Gasteiger charge is -2.25. The predicted molar refractivity (Wildman–Crippen MR) is 65.2 cm³/mol. The van der Waals surface area contributed by atoms with E-state index in [0.29, 0.717) is 38.8 Å². The molecular formula is C10H21NO6Si. The molecule has 0 aromatic carbocycles. The van der Waals surface area contributed by atoms with Crippen LogP contribution in [-0.4, -0.2) is 41.2 Å². The van der Waals surface area contributed by atoms with Crippen molar-refractivity contribution in [3.05, 3.63) is 0 Å². The molecule has 0 saturated heterocycles. The summed E-state index contributed by atoms with van der Waals surface area (Å²) in [4.78, 5) is 23.3. The van der Waals surface area contributed by atoms with Gasteiger partial charge in [0.25, 0.3) is 0 Å². The lowest BCUT2D eigenvalue weighted by molar-refractivity contribution is -0.312. The summed E-state index contributed by atoms with van der Waals surface area (Å²) in [6, 6.07) is 0.450. The van der Waals surface area contributed by atoms with Gasteiger partial charge in [-0.15, -0.1) is 0 Å². The highest BCUT2D eigenvalue weighted by Crippen LogP contribution is 2.19. The number of hydrogen-bond acceptors (Lipinski definition) is 7. The lowest BCUT2D eigenvalue weighted by Crippen LogP contribution is -2.46. The van der Waals surface area contributed by atoms with Gasteiger partial charge in [0.15, 0.2) is 0 Å². The molecule has 0 saturated carbocycles. The van der Waals surface area contributed by atoms with Gasteiger partial charge in [0.1, 0.15) is 0 Å². The summed E-state index contributed by atoms with van der Waals surface area (Å²) in [5.41, 5.74) is 0. The number of rotatable bonds is 12. The molecule has 0 N–H and O–H groups in total. The Kier molecular flexibility index (Phi) is 11.1. The fraction of sp³-hybridized carbons (Fsp3) is 0.900. The highest BCUT2D eigenvalue weighted by molar-refractivity contribution is 6.60. The quantitative estimate of drug-likeness (QED) is 0.135. The molecular weight excluding hydrogens is 258 g/mol. The van der Waals surface area contributed by atoms with E-state index in [1.54, 1.807) is 13.8 Å². The summed E-state index contributed by atoms with van der Waals surface area (Å²) in [5, 5.41) is 0. The zero-order chi connectivity index (χ0) is 13.7. The van der Waals surface area contributed by atoms with Crippen LogP contribution in [0.25, 0.3) is 0 Å². The molecule has 0 atom stereocenters. The minimum atomic E-state index is -3.02. The van der Waals surface area contributed by atoms with E-state index in [9.17, 15) is 4.79 Å². The fourth-order valence-electron chi connectivity index (χ4n) is 1.16. The Bertz CT molecular complexity index is 239. The van der Waals surface area contributed by atoms with Crippen LogP contribution in [0, 0.1) is 0 Å². The van der Waals surface area contributed by atoms with Crippen LogP contribution < -0.4 is 0 Å². The second kappa shape index (κ2) is 11.5. The number of aliphatic imine (C=N–C) groups is 1. The minimum absolute atomic E-state index is 0.344. The van der Waals surface area contributed by atoms with Crippen LogP contribution in [0.2, 0.25) is 6.04 Å². The molecule has 7 nitrogen and oxygen atoms in total. The number of isocyanates is 1. The Morgan fingerprint density at radius 2 is 1.67 bits per heavy atom. The van der Waals surface area contributed by atoms with Crippen molar-refractivity contribution in [2.75, 3.05) is 26.4 Å². The van der Waals surface area contributed by atoms with Gasteiger partial charge in [-0.05, 0) is 27.2 Å². The zero-order valence-electron chi connectivity index (χ0n) is 11.1. The third kappa shape index (κ3) is 7.67. The normalized spacial score (nSPS) is 11.3. The average molecular weight is 279 g/mol. The second-order valence-corrected chi connectivity index (χ2v) is 5.66. The van der Waals surface area contributed by atoms with Crippen molar-refractivity contribution in [3.8, 4) is 0 Å². The maximum atomic E-state index is 9.98. The van der Waals surface area contributed by atoms with E-state index in [1.165, 1.54) is 6.08 Å². The van der Waals surface area contributed by atoms with E-state index in [1.807, 2.05) is 6.92 Å². The second-order valence-electron chi connectivity index (χ2n) is 3.17. The third-order valence-electron chi connectivity index (χ3n) is 1.79. The first-order valence-corrected chi connectivity index (χ1v) is 7.96. The summed E-state index contributed by atoms with van der Waals surface area (Å²) < 4.78 is 16.0. The van der Waals surface area contributed by atoms with Gasteiger partial charge in [0, 0.05) is 12.7 Å². The van der Waals surface area contributed by atoms with Crippen molar-refractivity contribution in [2.24, 2.45) is 4.99 Å². The van der Waals surface area contributed by atoms with Crippen LogP contribution >= 0.6 is 0 Å². The Hall–Kier alpha value is -0.603. The first-order valence-electron chi connectivity index (χ1n) is 6.03. The van der Waals surface area contributed by atoms with Gasteiger partial charge in [-0.1, -0.05) is 0 Å². The molecule has 0 heterocycles. The molecule has 0 unspecified atom stereocenters. The molecule has 8 heteroatoms. The Labute approximate surface area is 108 Å². The van der Waals surface area contributed by atoms with Gasteiger partial charge in [0.05, 0.1) is 19.8 Å². The molecule has 0 aliphatic carbocycles. The van der Waals surface area contributed by atoms with Gasteiger partial charge in [-0.25, -0.2) is 28.7 Å². The Morgan fingerprint density at radius 3 is 2.11 bits per heavy atom. The van der Waals surface area contributed by atoms with Crippen molar-refractivity contribution >= 4 is 14.9 Å². The van der Waals surface area contributed by atoms with Crippen LogP contribution in [0.5, 0.6) is 0 Å². The molecule has 0 aliphatic heterocycles. The molecule has 0 radical (unpaired) electrons. The number of carbonyl (C=O) groups excluding carboxylic acids is 1. The molecule has 0 fully saturated rings. The van der Waals surface area contributed by atoms with Gasteiger partial charge in [-0.2, -0.15) is 0 Å². The largest absolute Gasteiger partial charge is 0.557 e. The lowest BCUT2D eigenvalue weighted by atomic mass is 10.5. The van der Waals surface area contributed by atoms with Crippen LogP contribution in [-0.2, 0) is 28.1 Å². The first-order chi connectivity index (χ1) is 8.74. The molecule has 0 aliphatic rings. The third-order valence-corrected chi connectivity index (χ3v) is 4.23. The average Bonchev–Trinajstić information content (AvgIpc) is 2.39. The van der Waals surface area contributed by atoms with Crippen LogP contribution in [0.15, 0.2) is 4.99 Å². The topological polar surface area (TPSA) is 75.6 Å². The molecule has 0 bridgehead atoms. The SMILES string of the molecule is CCOO[Si](CCCN=C=O)(OCC)OOCC. The fourth-order valence-corrected chi connectivity index (χ4v) is 3.22. The summed E-state index contributed by atoms with van der Waals surface area (Å²) >= 11 is 0. The monoisotopic (exact) mass is 279 g/mol. The standard InChI is InChI=1S/C10H21NO6Si/c1-4-13-16-18(15-6-3,17-14-5-2)9-7-8-11-10-12/h4-9H2,1-3H3. The van der Waals surface area contributed by atoms with Crippen molar-refractivity contribution in [3.63, 3.8) is 0 Å². The maximum absolute atomic E-state index is 9.98. The van der Waals surface area contributed by atoms with E-state index in [2.05, 4.69) is 4.99 Å².